The van der Waals surface area contributed by atoms with E-state index in [9.17, 15) is 9.59 Å². The largest absolute Gasteiger partial charge is 0.326 e. The Morgan fingerprint density at radius 1 is 1.30 bits per heavy atom. The van der Waals surface area contributed by atoms with Crippen molar-refractivity contribution in [3.8, 4) is 0 Å². The van der Waals surface area contributed by atoms with Crippen LogP contribution in [0.2, 0.25) is 5.02 Å². The van der Waals surface area contributed by atoms with Gasteiger partial charge < -0.3 is 5.32 Å². The van der Waals surface area contributed by atoms with Gasteiger partial charge in [-0.2, -0.15) is 0 Å². The van der Waals surface area contributed by atoms with Crippen molar-refractivity contribution >= 4 is 34.9 Å². The number of carbonyl (C=O) groups is 2. The summed E-state index contributed by atoms with van der Waals surface area (Å²) >= 11 is 7.86. The molecule has 27 heavy (non-hydrogen) atoms. The van der Waals surface area contributed by atoms with E-state index in [1.54, 1.807) is 23.5 Å². The van der Waals surface area contributed by atoms with Gasteiger partial charge in [-0.1, -0.05) is 36.7 Å². The lowest BCUT2D eigenvalue weighted by atomic mass is 9.87. The molecule has 2 aliphatic rings. The van der Waals surface area contributed by atoms with Gasteiger partial charge in [0.2, 0.25) is 0 Å². The van der Waals surface area contributed by atoms with Crippen LogP contribution >= 0.6 is 22.9 Å². The number of urea groups is 1. The van der Waals surface area contributed by atoms with E-state index in [2.05, 4.69) is 21.7 Å². The van der Waals surface area contributed by atoms with Crippen LogP contribution < -0.4 is 5.32 Å². The van der Waals surface area contributed by atoms with Gasteiger partial charge in [0.25, 0.3) is 5.91 Å². The van der Waals surface area contributed by atoms with Crippen molar-refractivity contribution in [2.45, 2.75) is 37.8 Å². The first-order valence-electron chi connectivity index (χ1n) is 9.23. The predicted octanol–water partition coefficient (Wildman–Crippen LogP) is 4.35. The van der Waals surface area contributed by atoms with Crippen molar-refractivity contribution in [3.63, 3.8) is 0 Å². The lowest BCUT2D eigenvalue weighted by molar-refractivity contribution is -0.133. The van der Waals surface area contributed by atoms with Crippen LogP contribution in [-0.4, -0.2) is 35.0 Å². The Kier molecular flexibility index (Phi) is 4.97. The highest BCUT2D eigenvalue weighted by molar-refractivity contribution is 7.10. The first kappa shape index (κ1) is 18.5. The Hall–Kier alpha value is -1.89. The summed E-state index contributed by atoms with van der Waals surface area (Å²) in [5.41, 5.74) is -0.310. The summed E-state index contributed by atoms with van der Waals surface area (Å²) in [5, 5.41) is 5.56. The molecular formula is C20H22ClN3O2S. The molecule has 2 aromatic rings. The minimum atomic E-state index is -1.04. The normalized spacial score (nSPS) is 26.0. The third kappa shape index (κ3) is 3.16. The Bertz CT molecular complexity index is 857. The smallest absolute Gasteiger partial charge is 0.319 e. The Morgan fingerprint density at radius 2 is 2.15 bits per heavy atom. The molecule has 3 heterocycles. The molecule has 2 saturated heterocycles. The molecule has 142 valence electrons. The van der Waals surface area contributed by atoms with Gasteiger partial charge in [0.1, 0.15) is 5.54 Å². The van der Waals surface area contributed by atoms with Gasteiger partial charge in [-0.05, 0) is 48.4 Å². The van der Waals surface area contributed by atoms with E-state index in [4.69, 9.17) is 11.6 Å². The third-order valence-corrected chi connectivity index (χ3v) is 6.79. The number of halogens is 1. The maximum absolute atomic E-state index is 13.3. The van der Waals surface area contributed by atoms with E-state index >= 15 is 0 Å². The van der Waals surface area contributed by atoms with Crippen molar-refractivity contribution < 1.29 is 9.59 Å². The molecule has 3 amide bonds. The minimum Gasteiger partial charge on any atom is -0.319 e. The average Bonchev–Trinajstić information content (AvgIpc) is 3.38. The van der Waals surface area contributed by atoms with Crippen LogP contribution in [-0.2, 0) is 10.3 Å². The van der Waals surface area contributed by atoms with E-state index in [-0.39, 0.29) is 18.0 Å². The van der Waals surface area contributed by atoms with Crippen LogP contribution in [0.15, 0.2) is 41.8 Å². The molecule has 0 bridgehead atoms. The number of nitrogens with zero attached hydrogens (tertiary/aromatic N) is 2. The standard InChI is InChI=1S/C20H22ClN3O2S/c1-2-20(14-6-3-7-15(21)12-14)18(25)24(19(26)22-20)13-23-10-4-8-16(23)17-9-5-11-27-17/h3,5-7,9,11-12,16H,2,4,8,10,13H2,1H3,(H,22,26)/t16-,20+/m1/s1. The molecule has 2 fully saturated rings. The van der Waals surface area contributed by atoms with E-state index in [1.807, 2.05) is 25.1 Å². The zero-order valence-electron chi connectivity index (χ0n) is 15.2. The van der Waals surface area contributed by atoms with E-state index in [1.165, 1.54) is 9.78 Å². The summed E-state index contributed by atoms with van der Waals surface area (Å²) in [5.74, 6) is -0.200. The molecule has 2 aliphatic heterocycles. The molecule has 0 radical (unpaired) electrons. The number of likely N-dealkylation sites (tertiary alicyclic amines) is 1. The Labute approximate surface area is 167 Å². The Balaban J connectivity index is 1.59. The molecule has 1 aromatic heterocycles. The van der Waals surface area contributed by atoms with Gasteiger partial charge in [0.05, 0.1) is 6.67 Å². The van der Waals surface area contributed by atoms with Crippen molar-refractivity contribution in [3.05, 3.63) is 57.2 Å². The summed E-state index contributed by atoms with van der Waals surface area (Å²) in [4.78, 5) is 30.9. The number of hydrogen-bond donors (Lipinski definition) is 1. The van der Waals surface area contributed by atoms with Crippen LogP contribution in [0.4, 0.5) is 4.79 Å². The topological polar surface area (TPSA) is 52.7 Å². The van der Waals surface area contributed by atoms with Crippen molar-refractivity contribution in [1.29, 1.82) is 0 Å². The first-order valence-corrected chi connectivity index (χ1v) is 10.5. The third-order valence-electron chi connectivity index (χ3n) is 5.58. The Morgan fingerprint density at radius 3 is 2.85 bits per heavy atom. The van der Waals surface area contributed by atoms with Crippen LogP contribution in [0.1, 0.15) is 42.7 Å². The number of thiophene rings is 1. The molecular weight excluding hydrogens is 382 g/mol. The zero-order valence-corrected chi connectivity index (χ0v) is 16.7. The number of benzene rings is 1. The molecule has 0 aliphatic carbocycles. The fourth-order valence-electron chi connectivity index (χ4n) is 4.13. The highest BCUT2D eigenvalue weighted by atomic mass is 35.5. The summed E-state index contributed by atoms with van der Waals surface area (Å²) in [6, 6.07) is 11.3. The highest BCUT2D eigenvalue weighted by Crippen LogP contribution is 2.37. The van der Waals surface area contributed by atoms with Gasteiger partial charge in [0.15, 0.2) is 0 Å². The van der Waals surface area contributed by atoms with E-state index < -0.39 is 5.54 Å². The monoisotopic (exact) mass is 403 g/mol. The molecule has 0 unspecified atom stereocenters. The number of nitrogens with one attached hydrogen (secondary N) is 1. The summed E-state index contributed by atoms with van der Waals surface area (Å²) in [6.07, 6.45) is 2.60. The molecule has 1 aromatic carbocycles. The second-order valence-corrected chi connectivity index (χ2v) is 8.48. The fourth-order valence-corrected chi connectivity index (χ4v) is 5.21. The van der Waals surface area contributed by atoms with Crippen molar-refractivity contribution in [2.75, 3.05) is 13.2 Å². The van der Waals surface area contributed by atoms with Gasteiger partial charge >= 0.3 is 6.03 Å². The SMILES string of the molecule is CC[C@@]1(c2cccc(Cl)c2)NC(=O)N(CN2CCC[C@@H]2c2cccs2)C1=O. The van der Waals surface area contributed by atoms with Crippen molar-refractivity contribution in [1.82, 2.24) is 15.1 Å². The molecule has 1 N–H and O–H groups in total. The molecule has 0 spiro atoms. The molecule has 5 nitrogen and oxygen atoms in total. The fraction of sp³-hybridized carbons (Fsp3) is 0.400. The number of rotatable bonds is 5. The first-order chi connectivity index (χ1) is 13.0. The number of carbonyl (C=O) groups excluding carboxylic acids is 2. The maximum Gasteiger partial charge on any atom is 0.326 e. The average molecular weight is 404 g/mol. The molecule has 2 atom stereocenters. The van der Waals surface area contributed by atoms with Gasteiger partial charge in [-0.25, -0.2) is 9.69 Å². The highest BCUT2D eigenvalue weighted by Gasteiger charge is 2.52. The van der Waals surface area contributed by atoms with E-state index in [0.717, 1.165) is 24.9 Å². The second kappa shape index (κ2) is 7.26. The van der Waals surface area contributed by atoms with Crippen LogP contribution in [0.5, 0.6) is 0 Å². The number of hydrogen-bond acceptors (Lipinski definition) is 4. The minimum absolute atomic E-state index is 0.200. The molecule has 0 saturated carbocycles. The second-order valence-electron chi connectivity index (χ2n) is 7.06. The summed E-state index contributed by atoms with van der Waals surface area (Å²) in [6.45, 7) is 3.11. The number of amides is 3. The quantitative estimate of drug-likeness (QED) is 0.755. The van der Waals surface area contributed by atoms with Crippen LogP contribution in [0.25, 0.3) is 0 Å². The summed E-state index contributed by atoms with van der Waals surface area (Å²) < 4.78 is 0. The maximum atomic E-state index is 13.3. The number of imide groups is 1. The van der Waals surface area contributed by atoms with Crippen LogP contribution in [0.3, 0.4) is 0 Å². The van der Waals surface area contributed by atoms with Crippen LogP contribution in [0, 0.1) is 0 Å². The van der Waals surface area contributed by atoms with Crippen molar-refractivity contribution in [2.24, 2.45) is 0 Å². The lowest BCUT2D eigenvalue weighted by Crippen LogP contribution is -2.45. The summed E-state index contributed by atoms with van der Waals surface area (Å²) in [7, 11) is 0. The molecule has 4 rings (SSSR count). The van der Waals surface area contributed by atoms with Gasteiger partial charge in [-0.15, -0.1) is 11.3 Å². The molecule has 7 heteroatoms. The zero-order chi connectivity index (χ0) is 19.0. The lowest BCUT2D eigenvalue weighted by Gasteiger charge is -2.29. The van der Waals surface area contributed by atoms with Gasteiger partial charge in [0, 0.05) is 22.5 Å². The predicted molar refractivity (Wildman–Crippen MR) is 107 cm³/mol. The van der Waals surface area contributed by atoms with Gasteiger partial charge in [-0.3, -0.25) is 9.69 Å². The van der Waals surface area contributed by atoms with E-state index in [0.29, 0.717) is 18.1 Å².